The Kier molecular flexibility index (Phi) is 5.58. The van der Waals surface area contributed by atoms with Crippen molar-refractivity contribution in [2.24, 2.45) is 0 Å². The van der Waals surface area contributed by atoms with Crippen LogP contribution in [0.5, 0.6) is 0 Å². The fourth-order valence-corrected chi connectivity index (χ4v) is 3.62. The van der Waals surface area contributed by atoms with Crippen molar-refractivity contribution in [3.05, 3.63) is 45.0 Å². The van der Waals surface area contributed by atoms with E-state index in [9.17, 15) is 10.1 Å². The fraction of sp³-hybridized carbons (Fsp3) is 0.357. The molecule has 0 aliphatic heterocycles. The minimum atomic E-state index is -0.356. The lowest BCUT2D eigenvalue weighted by molar-refractivity contribution is -0.384. The first-order valence-corrected chi connectivity index (χ1v) is 8.52. The Hall–Kier alpha value is -1.60. The maximum atomic E-state index is 10.9. The van der Waals surface area contributed by atoms with Crippen LogP contribution in [0.3, 0.4) is 0 Å². The van der Waals surface area contributed by atoms with Gasteiger partial charge in [0.1, 0.15) is 4.34 Å². The van der Waals surface area contributed by atoms with Crippen molar-refractivity contribution < 1.29 is 4.92 Å². The third-order valence-corrected chi connectivity index (χ3v) is 5.00. The molecular weight excluding hydrogens is 306 g/mol. The molecule has 112 valence electrons. The zero-order valence-corrected chi connectivity index (χ0v) is 13.6. The van der Waals surface area contributed by atoms with E-state index < -0.39 is 0 Å². The molecule has 0 unspecified atom stereocenters. The van der Waals surface area contributed by atoms with Crippen molar-refractivity contribution in [1.29, 1.82) is 0 Å². The molecule has 5 nitrogen and oxygen atoms in total. The lowest BCUT2D eigenvalue weighted by atomic mass is 10.1. The van der Waals surface area contributed by atoms with Crippen molar-refractivity contribution in [1.82, 2.24) is 4.98 Å². The summed E-state index contributed by atoms with van der Waals surface area (Å²) in [4.78, 5) is 15.0. The third kappa shape index (κ3) is 4.44. The number of thiazole rings is 1. The molecule has 2 rings (SSSR count). The first-order chi connectivity index (χ1) is 10.1. The van der Waals surface area contributed by atoms with E-state index in [2.05, 4.69) is 17.2 Å². The van der Waals surface area contributed by atoms with Crippen LogP contribution in [0.4, 0.5) is 11.4 Å². The smallest absolute Gasteiger partial charge is 0.269 e. The van der Waals surface area contributed by atoms with E-state index >= 15 is 0 Å². The number of non-ortho nitro benzene ring substituents is 1. The SMILES string of the molecule is CCCNc1ccc([N+](=O)[O-])cc1CSc1nc(C)cs1. The van der Waals surface area contributed by atoms with E-state index in [1.54, 1.807) is 41.3 Å². The number of nitro benzene ring substituents is 1. The lowest BCUT2D eigenvalue weighted by Gasteiger charge is -2.10. The van der Waals surface area contributed by atoms with Gasteiger partial charge in [-0.1, -0.05) is 18.7 Å². The summed E-state index contributed by atoms with van der Waals surface area (Å²) >= 11 is 3.21. The zero-order valence-electron chi connectivity index (χ0n) is 12.0. The maximum Gasteiger partial charge on any atom is 0.269 e. The number of aromatic nitrogens is 1. The molecule has 0 amide bonds. The molecule has 0 spiro atoms. The fourth-order valence-electron chi connectivity index (χ4n) is 1.78. The first-order valence-electron chi connectivity index (χ1n) is 6.66. The molecule has 0 fully saturated rings. The number of hydrogen-bond acceptors (Lipinski definition) is 6. The van der Waals surface area contributed by atoms with E-state index in [0.717, 1.165) is 34.2 Å². The number of anilines is 1. The minimum absolute atomic E-state index is 0.128. The van der Waals surface area contributed by atoms with Gasteiger partial charge in [0.05, 0.1) is 4.92 Å². The molecule has 0 radical (unpaired) electrons. The van der Waals surface area contributed by atoms with E-state index in [1.807, 2.05) is 12.3 Å². The molecule has 1 heterocycles. The van der Waals surface area contributed by atoms with Crippen LogP contribution in [0.2, 0.25) is 0 Å². The van der Waals surface area contributed by atoms with Gasteiger partial charge in [0.15, 0.2) is 0 Å². The summed E-state index contributed by atoms with van der Waals surface area (Å²) in [5.74, 6) is 0.667. The van der Waals surface area contributed by atoms with E-state index in [4.69, 9.17) is 0 Å². The van der Waals surface area contributed by atoms with E-state index in [1.165, 1.54) is 0 Å². The number of nitro groups is 1. The van der Waals surface area contributed by atoms with Crippen LogP contribution in [0.25, 0.3) is 0 Å². The number of hydrogen-bond donors (Lipinski definition) is 1. The molecule has 0 bridgehead atoms. The van der Waals surface area contributed by atoms with Crippen LogP contribution in [0.15, 0.2) is 27.9 Å². The number of aryl methyl sites for hydroxylation is 1. The molecule has 0 aliphatic rings. The highest BCUT2D eigenvalue weighted by Crippen LogP contribution is 2.31. The van der Waals surface area contributed by atoms with Gasteiger partial charge >= 0.3 is 0 Å². The summed E-state index contributed by atoms with van der Waals surface area (Å²) in [6.07, 6.45) is 1.01. The normalized spacial score (nSPS) is 10.6. The third-order valence-electron chi connectivity index (χ3n) is 2.81. The highest BCUT2D eigenvalue weighted by atomic mass is 32.2. The van der Waals surface area contributed by atoms with Crippen molar-refractivity contribution in [2.75, 3.05) is 11.9 Å². The number of rotatable bonds is 7. The molecular formula is C14H17N3O2S2. The average Bonchev–Trinajstić information content (AvgIpc) is 2.88. The highest BCUT2D eigenvalue weighted by molar-refractivity contribution is 8.00. The maximum absolute atomic E-state index is 10.9. The van der Waals surface area contributed by atoms with Crippen LogP contribution >= 0.6 is 23.1 Å². The predicted molar refractivity (Wildman–Crippen MR) is 88.3 cm³/mol. The molecule has 1 aromatic carbocycles. The predicted octanol–water partition coefficient (Wildman–Crippen LogP) is 4.47. The van der Waals surface area contributed by atoms with E-state index in [-0.39, 0.29) is 10.6 Å². The summed E-state index contributed by atoms with van der Waals surface area (Å²) in [6, 6.07) is 4.97. The Labute approximate surface area is 131 Å². The van der Waals surface area contributed by atoms with Crippen LogP contribution in [0.1, 0.15) is 24.6 Å². The second-order valence-corrected chi connectivity index (χ2v) is 6.65. The first kappa shape index (κ1) is 15.8. The van der Waals surface area contributed by atoms with Gasteiger partial charge < -0.3 is 5.32 Å². The van der Waals surface area contributed by atoms with Gasteiger partial charge in [-0.3, -0.25) is 10.1 Å². The Bertz CT molecular complexity index is 628. The number of thioether (sulfide) groups is 1. The minimum Gasteiger partial charge on any atom is -0.385 e. The van der Waals surface area contributed by atoms with Crippen molar-refractivity contribution in [3.8, 4) is 0 Å². The monoisotopic (exact) mass is 323 g/mol. The Balaban J connectivity index is 2.16. The second-order valence-electron chi connectivity index (χ2n) is 4.57. The standard InChI is InChI=1S/C14H17N3O2S2/c1-3-6-15-13-5-4-12(17(18)19)7-11(13)9-21-14-16-10(2)8-20-14/h4-5,7-8,15H,3,6,9H2,1-2H3. The molecule has 1 N–H and O–H groups in total. The van der Waals surface area contributed by atoms with Crippen molar-refractivity contribution in [2.45, 2.75) is 30.4 Å². The molecule has 2 aromatic rings. The summed E-state index contributed by atoms with van der Waals surface area (Å²) in [5.41, 5.74) is 3.03. The van der Waals surface area contributed by atoms with Gasteiger partial charge in [-0.25, -0.2) is 4.98 Å². The molecule has 1 aromatic heterocycles. The lowest BCUT2D eigenvalue weighted by Crippen LogP contribution is -2.03. The summed E-state index contributed by atoms with van der Waals surface area (Å²) in [6.45, 7) is 4.90. The van der Waals surface area contributed by atoms with Crippen molar-refractivity contribution in [3.63, 3.8) is 0 Å². The molecule has 0 saturated carbocycles. The average molecular weight is 323 g/mol. The Morgan fingerprint density at radius 3 is 2.90 bits per heavy atom. The van der Waals surface area contributed by atoms with Crippen LogP contribution in [-0.2, 0) is 5.75 Å². The molecule has 0 saturated heterocycles. The topological polar surface area (TPSA) is 68.1 Å². The highest BCUT2D eigenvalue weighted by Gasteiger charge is 2.11. The van der Waals surface area contributed by atoms with Gasteiger partial charge in [0.25, 0.3) is 5.69 Å². The molecule has 7 heteroatoms. The van der Waals surface area contributed by atoms with Gasteiger partial charge in [0.2, 0.25) is 0 Å². The van der Waals surface area contributed by atoms with Crippen LogP contribution in [0, 0.1) is 17.0 Å². The van der Waals surface area contributed by atoms with Crippen LogP contribution in [-0.4, -0.2) is 16.5 Å². The number of nitrogens with one attached hydrogen (secondary N) is 1. The molecule has 21 heavy (non-hydrogen) atoms. The summed E-state index contributed by atoms with van der Waals surface area (Å²) in [5, 5.41) is 16.2. The van der Waals surface area contributed by atoms with Crippen LogP contribution < -0.4 is 5.32 Å². The summed E-state index contributed by atoms with van der Waals surface area (Å²) < 4.78 is 0.987. The van der Waals surface area contributed by atoms with Gasteiger partial charge in [-0.15, -0.1) is 11.3 Å². The Morgan fingerprint density at radius 1 is 1.48 bits per heavy atom. The Morgan fingerprint density at radius 2 is 2.29 bits per heavy atom. The molecule has 0 aliphatic carbocycles. The number of nitrogens with zero attached hydrogens (tertiary/aromatic N) is 2. The quantitative estimate of drug-likeness (QED) is 0.462. The van der Waals surface area contributed by atoms with Gasteiger partial charge in [-0.05, 0) is 25.0 Å². The van der Waals surface area contributed by atoms with Crippen molar-refractivity contribution >= 4 is 34.5 Å². The molecule has 0 atom stereocenters. The largest absolute Gasteiger partial charge is 0.385 e. The van der Waals surface area contributed by atoms with Gasteiger partial charge in [0, 0.05) is 41.2 Å². The second kappa shape index (κ2) is 7.42. The summed E-state index contributed by atoms with van der Waals surface area (Å²) in [7, 11) is 0. The van der Waals surface area contributed by atoms with E-state index in [0.29, 0.717) is 5.75 Å². The zero-order chi connectivity index (χ0) is 15.2. The van der Waals surface area contributed by atoms with Gasteiger partial charge in [-0.2, -0.15) is 0 Å². The number of benzene rings is 1.